The van der Waals surface area contributed by atoms with E-state index in [2.05, 4.69) is 33.7 Å². The Kier molecular flexibility index (Phi) is 12.5. The quantitative estimate of drug-likeness (QED) is 0.0817. The van der Waals surface area contributed by atoms with Crippen LogP contribution in [-0.2, 0) is 32.2 Å². The number of rotatable bonds is 14. The normalized spacial score (nSPS) is 20.6. The van der Waals surface area contributed by atoms with Gasteiger partial charge in [0.15, 0.2) is 6.29 Å². The average Bonchev–Trinajstić information content (AvgIpc) is 3.57. The van der Waals surface area contributed by atoms with Crippen molar-refractivity contribution in [2.75, 3.05) is 30.7 Å². The number of nitrogens with zero attached hydrogens (tertiary/aromatic N) is 1. The molecule has 51 heavy (non-hydrogen) atoms. The summed E-state index contributed by atoms with van der Waals surface area (Å²) in [5, 5.41) is 25.5. The molecule has 0 unspecified atom stereocenters. The number of nitrogens with one attached hydrogen (secondary N) is 2. The summed E-state index contributed by atoms with van der Waals surface area (Å²) in [6, 6.07) is 31.2. The fourth-order valence-electron chi connectivity index (χ4n) is 6.75. The zero-order chi connectivity index (χ0) is 35.6. The Morgan fingerprint density at radius 3 is 2.27 bits per heavy atom. The van der Waals surface area contributed by atoms with Crippen LogP contribution in [0.25, 0.3) is 11.1 Å². The molecule has 6 rings (SSSR count). The number of para-hydroxylation sites is 2. The van der Waals surface area contributed by atoms with Crippen LogP contribution in [-0.4, -0.2) is 58.8 Å². The van der Waals surface area contributed by atoms with Gasteiger partial charge in [0, 0.05) is 51.0 Å². The highest BCUT2D eigenvalue weighted by Crippen LogP contribution is 2.39. The minimum absolute atomic E-state index is 0.00666. The molecule has 4 aromatic rings. The molecule has 4 aromatic carbocycles. The first-order chi connectivity index (χ1) is 24.8. The van der Waals surface area contributed by atoms with Gasteiger partial charge in [-0.15, -0.1) is 0 Å². The number of nitrogens with two attached hydrogens (primary N) is 1. The zero-order valence-electron chi connectivity index (χ0n) is 28.9. The molecule has 0 saturated carbocycles. The number of hydrogen-bond acceptors (Lipinski definition) is 8. The lowest BCUT2D eigenvalue weighted by molar-refractivity contribution is -0.252. The molecule has 10 heteroatoms. The van der Waals surface area contributed by atoms with Crippen molar-refractivity contribution in [1.82, 2.24) is 10.2 Å². The van der Waals surface area contributed by atoms with Crippen LogP contribution in [0.4, 0.5) is 11.4 Å². The number of ether oxygens (including phenoxy) is 2. The lowest BCUT2D eigenvalue weighted by Crippen LogP contribution is -2.38. The predicted octanol–water partition coefficient (Wildman–Crippen LogP) is 5.86. The fraction of sp³-hybridized carbons (Fsp3) is 0.366. The predicted molar refractivity (Wildman–Crippen MR) is 197 cm³/mol. The van der Waals surface area contributed by atoms with Gasteiger partial charge in [0.2, 0.25) is 11.8 Å². The van der Waals surface area contributed by atoms with E-state index in [1.807, 2.05) is 66.7 Å². The van der Waals surface area contributed by atoms with Gasteiger partial charge in [-0.25, -0.2) is 0 Å². The largest absolute Gasteiger partial charge is 0.397 e. The van der Waals surface area contributed by atoms with Crippen LogP contribution in [0, 0.1) is 0 Å². The Balaban J connectivity index is 1.04. The molecule has 0 bridgehead atoms. The maximum Gasteiger partial charge on any atom is 0.224 e. The summed E-state index contributed by atoms with van der Waals surface area (Å²) in [5.41, 5.74) is 12.9. The molecule has 10 nitrogen and oxygen atoms in total. The van der Waals surface area contributed by atoms with Gasteiger partial charge in [-0.3, -0.25) is 14.5 Å². The monoisotopic (exact) mass is 692 g/mol. The third kappa shape index (κ3) is 10.0. The molecule has 0 aliphatic carbocycles. The minimum Gasteiger partial charge on any atom is -0.397 e. The molecule has 2 aliphatic heterocycles. The van der Waals surface area contributed by atoms with E-state index in [1.54, 1.807) is 12.1 Å². The van der Waals surface area contributed by atoms with Crippen LogP contribution < -0.4 is 16.4 Å². The summed E-state index contributed by atoms with van der Waals surface area (Å²) in [6.07, 6.45) is 2.22. The van der Waals surface area contributed by atoms with Gasteiger partial charge in [-0.2, -0.15) is 0 Å². The van der Waals surface area contributed by atoms with Crippen molar-refractivity contribution in [1.29, 1.82) is 0 Å². The topological polar surface area (TPSA) is 146 Å². The van der Waals surface area contributed by atoms with E-state index in [0.29, 0.717) is 56.6 Å². The molecule has 0 spiro atoms. The van der Waals surface area contributed by atoms with Gasteiger partial charge in [0.05, 0.1) is 36.3 Å². The lowest BCUT2D eigenvalue weighted by Gasteiger charge is -2.38. The number of nitrogen functional groups attached to an aromatic ring is 1. The Hall–Kier alpha value is -4.58. The molecule has 2 fully saturated rings. The van der Waals surface area contributed by atoms with E-state index in [0.717, 1.165) is 52.9 Å². The average molecular weight is 693 g/mol. The standard InChI is InChI=1S/C41H48N4O6/c42-36-9-3-4-10-37(36)44-40(49)12-6-5-11-39(48)43-24-32-7-1-2-8-35(32)29-17-19-31(20-18-29)41-50-34(26-45-22-21-33(47)25-45)23-38(51-41)30-15-13-28(27-46)14-16-30/h1-4,7-10,13-20,33-34,38,41,46-47H,5-6,11-12,21-27,42H2,(H,43,48)(H,44,49)/t33-,34+,38-,41-/m0/s1. The van der Waals surface area contributed by atoms with Crippen LogP contribution >= 0.6 is 0 Å². The second-order valence-corrected chi connectivity index (χ2v) is 13.5. The number of carbonyl (C=O) groups excluding carboxylic acids is 2. The molecular weight excluding hydrogens is 644 g/mol. The van der Waals surface area contributed by atoms with Gasteiger partial charge in [0.25, 0.3) is 0 Å². The highest BCUT2D eigenvalue weighted by molar-refractivity contribution is 5.93. The van der Waals surface area contributed by atoms with Crippen LogP contribution in [0.1, 0.15) is 73.2 Å². The summed E-state index contributed by atoms with van der Waals surface area (Å²) < 4.78 is 13.1. The fourth-order valence-corrected chi connectivity index (χ4v) is 6.75. The van der Waals surface area contributed by atoms with Gasteiger partial charge in [-0.1, -0.05) is 84.9 Å². The molecule has 268 valence electrons. The van der Waals surface area contributed by atoms with Crippen LogP contribution in [0.2, 0.25) is 0 Å². The highest BCUT2D eigenvalue weighted by Gasteiger charge is 2.34. The summed E-state index contributed by atoms with van der Waals surface area (Å²) in [4.78, 5) is 27.2. The van der Waals surface area contributed by atoms with Gasteiger partial charge >= 0.3 is 0 Å². The highest BCUT2D eigenvalue weighted by atomic mass is 16.7. The molecule has 4 atom stereocenters. The summed E-state index contributed by atoms with van der Waals surface area (Å²) in [5.74, 6) is -0.177. The number of likely N-dealkylation sites (tertiary alicyclic amines) is 1. The number of aliphatic hydroxyl groups is 2. The zero-order valence-corrected chi connectivity index (χ0v) is 28.9. The van der Waals surface area contributed by atoms with Gasteiger partial charge < -0.3 is 36.1 Å². The molecule has 2 heterocycles. The first-order valence-electron chi connectivity index (χ1n) is 17.8. The Labute approximate surface area is 299 Å². The van der Waals surface area contributed by atoms with E-state index >= 15 is 0 Å². The second-order valence-electron chi connectivity index (χ2n) is 13.5. The van der Waals surface area contributed by atoms with Crippen molar-refractivity contribution in [3.05, 3.63) is 119 Å². The molecule has 2 aliphatic rings. The van der Waals surface area contributed by atoms with E-state index in [4.69, 9.17) is 15.2 Å². The number of benzene rings is 4. The number of aliphatic hydroxyl groups excluding tert-OH is 2. The molecule has 0 aromatic heterocycles. The van der Waals surface area contributed by atoms with Crippen molar-refractivity contribution >= 4 is 23.2 Å². The number of unbranched alkanes of at least 4 members (excludes halogenated alkanes) is 1. The summed E-state index contributed by atoms with van der Waals surface area (Å²) in [6.45, 7) is 2.61. The summed E-state index contributed by atoms with van der Waals surface area (Å²) in [7, 11) is 0. The Morgan fingerprint density at radius 1 is 0.843 bits per heavy atom. The second kappa shape index (κ2) is 17.6. The van der Waals surface area contributed by atoms with Gasteiger partial charge in [-0.05, 0) is 59.2 Å². The number of carbonyl (C=O) groups is 2. The van der Waals surface area contributed by atoms with Crippen LogP contribution in [0.3, 0.4) is 0 Å². The number of hydrogen-bond donors (Lipinski definition) is 5. The van der Waals surface area contributed by atoms with E-state index in [9.17, 15) is 19.8 Å². The Bertz CT molecular complexity index is 1750. The lowest BCUT2D eigenvalue weighted by atomic mass is 9.97. The smallest absolute Gasteiger partial charge is 0.224 e. The molecule has 0 radical (unpaired) electrons. The van der Waals surface area contributed by atoms with Crippen molar-refractivity contribution in [2.24, 2.45) is 0 Å². The van der Waals surface area contributed by atoms with Crippen molar-refractivity contribution < 1.29 is 29.3 Å². The molecular formula is C41H48N4O6. The SMILES string of the molecule is Nc1ccccc1NC(=O)CCCCC(=O)NCc1ccccc1-c1ccc([C@H]2O[C@@H](CN3CC[C@H](O)C3)C[C@@H](c3ccc(CO)cc3)O2)cc1. The van der Waals surface area contributed by atoms with Crippen molar-refractivity contribution in [3.63, 3.8) is 0 Å². The Morgan fingerprint density at radius 2 is 1.55 bits per heavy atom. The summed E-state index contributed by atoms with van der Waals surface area (Å²) >= 11 is 0. The maximum absolute atomic E-state index is 12.7. The van der Waals surface area contributed by atoms with Crippen molar-refractivity contribution in [3.8, 4) is 11.1 Å². The van der Waals surface area contributed by atoms with Crippen LogP contribution in [0.5, 0.6) is 0 Å². The number of β-amino-alcohol motifs (C(OH)–C–C–N with tert-alkyl or cyclic N) is 1. The minimum atomic E-state index is -0.565. The van der Waals surface area contributed by atoms with E-state index < -0.39 is 6.29 Å². The van der Waals surface area contributed by atoms with Crippen molar-refractivity contribution in [2.45, 2.75) is 76.3 Å². The first-order valence-corrected chi connectivity index (χ1v) is 17.8. The van der Waals surface area contributed by atoms with E-state index in [1.165, 1.54) is 0 Å². The maximum atomic E-state index is 12.7. The number of anilines is 2. The van der Waals surface area contributed by atoms with Gasteiger partial charge in [0.1, 0.15) is 0 Å². The third-order valence-corrected chi connectivity index (χ3v) is 9.60. The molecule has 2 saturated heterocycles. The molecule has 2 amide bonds. The number of amides is 2. The third-order valence-electron chi connectivity index (χ3n) is 9.60. The van der Waals surface area contributed by atoms with Crippen LogP contribution in [0.15, 0.2) is 97.1 Å². The first kappa shape index (κ1) is 36.2. The molecule has 6 N–H and O–H groups in total. The van der Waals surface area contributed by atoms with E-state index in [-0.39, 0.29) is 36.7 Å².